The smallest absolute Gasteiger partial charge is 0.251 e. The van der Waals surface area contributed by atoms with Crippen LogP contribution in [-0.2, 0) is 9.53 Å². The van der Waals surface area contributed by atoms with Crippen molar-refractivity contribution in [3.05, 3.63) is 71.2 Å². The van der Waals surface area contributed by atoms with E-state index < -0.39 is 18.1 Å². The summed E-state index contributed by atoms with van der Waals surface area (Å²) in [4.78, 5) is 33.4. The van der Waals surface area contributed by atoms with Crippen molar-refractivity contribution in [2.75, 3.05) is 19.7 Å². The zero-order chi connectivity index (χ0) is 21.8. The van der Waals surface area contributed by atoms with Gasteiger partial charge in [-0.1, -0.05) is 12.1 Å². The number of hydrogen-bond donors (Lipinski definition) is 3. The summed E-state index contributed by atoms with van der Waals surface area (Å²) >= 11 is 0. The Morgan fingerprint density at radius 1 is 1.26 bits per heavy atom. The Labute approximate surface area is 178 Å². The number of rotatable bonds is 5. The molecule has 4 N–H and O–H groups in total. The average Bonchev–Trinajstić information content (AvgIpc) is 2.82. The van der Waals surface area contributed by atoms with Gasteiger partial charge in [0.25, 0.3) is 11.8 Å². The molecular weight excluding hydrogens is 396 g/mol. The predicted molar refractivity (Wildman–Crippen MR) is 112 cm³/mol. The van der Waals surface area contributed by atoms with Crippen LogP contribution in [-0.4, -0.2) is 47.6 Å². The summed E-state index contributed by atoms with van der Waals surface area (Å²) < 4.78 is 5.58. The van der Waals surface area contributed by atoms with Crippen molar-refractivity contribution < 1.29 is 14.3 Å². The highest BCUT2D eigenvalue weighted by molar-refractivity contribution is 5.95. The van der Waals surface area contributed by atoms with Crippen molar-refractivity contribution in [3.63, 3.8) is 0 Å². The van der Waals surface area contributed by atoms with Gasteiger partial charge in [-0.3, -0.25) is 19.6 Å². The lowest BCUT2D eigenvalue weighted by Gasteiger charge is -2.27. The minimum Gasteiger partial charge on any atom is -0.366 e. The van der Waals surface area contributed by atoms with Gasteiger partial charge >= 0.3 is 0 Å². The van der Waals surface area contributed by atoms with Crippen LogP contribution in [0.5, 0.6) is 0 Å². The van der Waals surface area contributed by atoms with Gasteiger partial charge in [-0.15, -0.1) is 0 Å². The summed E-state index contributed by atoms with van der Waals surface area (Å²) in [6.45, 7) is 1.48. The molecule has 3 aromatic rings. The first-order valence-corrected chi connectivity index (χ1v) is 9.74. The van der Waals surface area contributed by atoms with E-state index in [1.165, 1.54) is 12.4 Å². The Hall–Kier alpha value is -3.87. The summed E-state index contributed by atoms with van der Waals surface area (Å²) in [5, 5.41) is 16.3. The fourth-order valence-electron chi connectivity index (χ4n) is 3.69. The highest BCUT2D eigenvalue weighted by Gasteiger charge is 2.29. The van der Waals surface area contributed by atoms with E-state index in [-0.39, 0.29) is 11.5 Å². The average molecular weight is 416 g/mol. The minimum absolute atomic E-state index is 0.192. The van der Waals surface area contributed by atoms with Crippen molar-refractivity contribution in [2.24, 2.45) is 5.73 Å². The molecule has 0 aliphatic carbocycles. The normalized spacial score (nSPS) is 16.9. The molecule has 1 aliphatic heterocycles. The van der Waals surface area contributed by atoms with E-state index in [2.05, 4.69) is 26.7 Å². The Bertz CT molecular complexity index is 1180. The molecule has 0 radical (unpaired) electrons. The quantitative estimate of drug-likeness (QED) is 0.558. The first kappa shape index (κ1) is 20.4. The zero-order valence-corrected chi connectivity index (χ0v) is 16.5. The second kappa shape index (κ2) is 8.87. The zero-order valence-electron chi connectivity index (χ0n) is 16.5. The third-order valence-corrected chi connectivity index (χ3v) is 5.17. The molecule has 9 nitrogen and oxygen atoms in total. The van der Waals surface area contributed by atoms with Gasteiger partial charge < -0.3 is 21.1 Å². The van der Waals surface area contributed by atoms with Crippen molar-refractivity contribution in [3.8, 4) is 6.07 Å². The number of benzene rings is 1. The summed E-state index contributed by atoms with van der Waals surface area (Å²) in [5.41, 5.74) is 7.86. The molecule has 2 aromatic heterocycles. The molecule has 31 heavy (non-hydrogen) atoms. The first-order valence-electron chi connectivity index (χ1n) is 9.74. The van der Waals surface area contributed by atoms with Crippen molar-refractivity contribution >= 4 is 22.7 Å². The summed E-state index contributed by atoms with van der Waals surface area (Å²) in [6, 6.07) is 10.0. The van der Waals surface area contributed by atoms with Gasteiger partial charge in [-0.2, -0.15) is 5.26 Å². The number of carbonyl (C=O) groups is 2. The van der Waals surface area contributed by atoms with Crippen LogP contribution in [0.4, 0.5) is 0 Å². The number of nitriles is 1. The van der Waals surface area contributed by atoms with E-state index >= 15 is 0 Å². The first-order chi connectivity index (χ1) is 15.1. The van der Waals surface area contributed by atoms with Crippen LogP contribution in [0.15, 0.2) is 48.9 Å². The summed E-state index contributed by atoms with van der Waals surface area (Å²) in [7, 11) is 0. The number of carbonyl (C=O) groups excluding carboxylic acids is 2. The number of nitrogens with one attached hydrogen (secondary N) is 2. The van der Waals surface area contributed by atoms with Gasteiger partial charge in [-0.05, 0) is 29.3 Å². The predicted octanol–water partition coefficient (Wildman–Crippen LogP) is 0.794. The Kier molecular flexibility index (Phi) is 5.84. The van der Waals surface area contributed by atoms with Gasteiger partial charge in [0, 0.05) is 37.1 Å². The molecule has 0 unspecified atom stereocenters. The van der Waals surface area contributed by atoms with Crippen LogP contribution >= 0.6 is 0 Å². The number of primary amides is 1. The highest BCUT2D eigenvalue weighted by atomic mass is 16.5. The number of amides is 2. The number of morpholine rings is 1. The molecule has 0 saturated carbocycles. The summed E-state index contributed by atoms with van der Waals surface area (Å²) in [5.74, 6) is -0.986. The molecule has 3 heterocycles. The lowest BCUT2D eigenvalue weighted by molar-refractivity contribution is -0.134. The van der Waals surface area contributed by atoms with Crippen LogP contribution in [0.3, 0.4) is 0 Å². The van der Waals surface area contributed by atoms with E-state index in [1.807, 2.05) is 6.07 Å². The number of ether oxygens (including phenoxy) is 1. The fraction of sp³-hybridized carbons (Fsp3) is 0.227. The van der Waals surface area contributed by atoms with E-state index in [0.717, 1.165) is 0 Å². The lowest BCUT2D eigenvalue weighted by atomic mass is 9.91. The van der Waals surface area contributed by atoms with E-state index in [1.54, 1.807) is 30.5 Å². The standard InChI is InChI=1S/C22H20N6O3/c23-10-13-3-4-15(14-2-1-6-27-19(13)14)20(16-5-7-25-11-17(16)21(24)29)28-22(30)18-12-26-8-9-31-18/h1-7,11,18,20,26H,8-9,12H2,(H2,24,29)(H,28,30)/t18-,20-/m1/s1. The number of fused-ring (bicyclic) bond motifs is 1. The van der Waals surface area contributed by atoms with Gasteiger partial charge in [0.05, 0.1) is 29.3 Å². The monoisotopic (exact) mass is 416 g/mol. The Morgan fingerprint density at radius 3 is 2.87 bits per heavy atom. The third kappa shape index (κ3) is 4.07. The Morgan fingerprint density at radius 2 is 2.13 bits per heavy atom. The molecule has 4 rings (SSSR count). The van der Waals surface area contributed by atoms with Crippen molar-refractivity contribution in [2.45, 2.75) is 12.1 Å². The Balaban J connectivity index is 1.86. The second-order valence-electron chi connectivity index (χ2n) is 7.05. The molecule has 1 saturated heterocycles. The topological polar surface area (TPSA) is 143 Å². The van der Waals surface area contributed by atoms with Crippen molar-refractivity contribution in [1.82, 2.24) is 20.6 Å². The number of nitrogens with two attached hydrogens (primary N) is 1. The number of pyridine rings is 2. The maximum Gasteiger partial charge on any atom is 0.251 e. The molecule has 2 atom stereocenters. The van der Waals surface area contributed by atoms with Crippen molar-refractivity contribution in [1.29, 1.82) is 5.26 Å². The SMILES string of the molecule is N#Cc1ccc([C@@H](NC(=O)[C@H]2CNCCO2)c2ccncc2C(N)=O)c2cccnc12. The maximum absolute atomic E-state index is 13.0. The highest BCUT2D eigenvalue weighted by Crippen LogP contribution is 2.31. The summed E-state index contributed by atoms with van der Waals surface area (Å²) in [6.07, 6.45) is 3.84. The molecule has 1 aliphatic rings. The lowest BCUT2D eigenvalue weighted by Crippen LogP contribution is -2.48. The van der Waals surface area contributed by atoms with E-state index in [9.17, 15) is 14.9 Å². The number of nitrogens with zero attached hydrogens (tertiary/aromatic N) is 3. The molecule has 1 aromatic carbocycles. The van der Waals surface area contributed by atoms with Gasteiger partial charge in [0.2, 0.25) is 0 Å². The molecule has 156 valence electrons. The molecule has 0 spiro atoms. The minimum atomic E-state index is -0.733. The fourth-order valence-corrected chi connectivity index (χ4v) is 3.69. The van der Waals surface area contributed by atoms with Crippen LogP contribution < -0.4 is 16.4 Å². The molecule has 9 heteroatoms. The number of hydrogen-bond acceptors (Lipinski definition) is 7. The van der Waals surface area contributed by atoms with Gasteiger partial charge in [0.15, 0.2) is 0 Å². The molecule has 0 bridgehead atoms. The molecule has 1 fully saturated rings. The van der Waals surface area contributed by atoms with Crippen LogP contribution in [0.1, 0.15) is 33.1 Å². The van der Waals surface area contributed by atoms with Gasteiger partial charge in [-0.25, -0.2) is 0 Å². The molecule has 2 amide bonds. The van der Waals surface area contributed by atoms with Crippen LogP contribution in [0.2, 0.25) is 0 Å². The van der Waals surface area contributed by atoms with E-state index in [4.69, 9.17) is 10.5 Å². The maximum atomic E-state index is 13.0. The third-order valence-electron chi connectivity index (χ3n) is 5.17. The second-order valence-corrected chi connectivity index (χ2v) is 7.05. The molecular formula is C22H20N6O3. The largest absolute Gasteiger partial charge is 0.366 e. The van der Waals surface area contributed by atoms with Crippen LogP contribution in [0, 0.1) is 11.3 Å². The van der Waals surface area contributed by atoms with E-state index in [0.29, 0.717) is 47.3 Å². The number of aromatic nitrogens is 2. The van der Waals surface area contributed by atoms with Gasteiger partial charge in [0.1, 0.15) is 12.2 Å². The van der Waals surface area contributed by atoms with Crippen LogP contribution in [0.25, 0.3) is 10.9 Å².